The van der Waals surface area contributed by atoms with E-state index in [0.29, 0.717) is 19.1 Å². The number of ether oxygens (including phenoxy) is 2. The molecule has 106 valence electrons. The van der Waals surface area contributed by atoms with Crippen molar-refractivity contribution in [2.24, 2.45) is 16.8 Å². The molecule has 1 aliphatic rings. The number of nitrogens with one attached hydrogen (secondary N) is 2. The number of nitrogens with two attached hydrogens (primary N) is 1. The minimum Gasteiger partial charge on any atom is -0.383 e. The van der Waals surface area contributed by atoms with Crippen LogP contribution in [0.3, 0.4) is 0 Å². The molecule has 1 rings (SSSR count). The lowest BCUT2D eigenvalue weighted by molar-refractivity contribution is 0.123. The van der Waals surface area contributed by atoms with Gasteiger partial charge in [0.05, 0.1) is 6.61 Å². The maximum atomic E-state index is 5.53. The standard InChI is InChI=1S/C12H26N4O2/c1-10(8-17-2)15-12(16-13)14-6-3-7-18-9-11-4-5-11/h10-11H,3-9,13H2,1-2H3,(H2,14,15,16). The van der Waals surface area contributed by atoms with Crippen LogP contribution in [0, 0.1) is 5.92 Å². The minimum absolute atomic E-state index is 0.177. The second-order valence-corrected chi connectivity index (χ2v) is 4.75. The fraction of sp³-hybridized carbons (Fsp3) is 0.917. The van der Waals surface area contributed by atoms with Crippen molar-refractivity contribution >= 4 is 5.96 Å². The number of nitrogens with zero attached hydrogens (tertiary/aromatic N) is 1. The molecule has 1 saturated carbocycles. The molecule has 0 bridgehead atoms. The van der Waals surface area contributed by atoms with E-state index in [-0.39, 0.29) is 6.04 Å². The lowest BCUT2D eigenvalue weighted by Gasteiger charge is -2.15. The Morgan fingerprint density at radius 2 is 2.28 bits per heavy atom. The van der Waals surface area contributed by atoms with E-state index < -0.39 is 0 Å². The van der Waals surface area contributed by atoms with Crippen LogP contribution in [0.15, 0.2) is 4.99 Å². The molecule has 0 aliphatic heterocycles. The van der Waals surface area contributed by atoms with Crippen molar-refractivity contribution in [2.75, 3.05) is 33.5 Å². The molecule has 0 aromatic heterocycles. The third-order valence-electron chi connectivity index (χ3n) is 2.70. The molecule has 6 nitrogen and oxygen atoms in total. The minimum atomic E-state index is 0.177. The third kappa shape index (κ3) is 7.47. The molecule has 0 amide bonds. The highest BCUT2D eigenvalue weighted by Gasteiger charge is 2.20. The maximum Gasteiger partial charge on any atom is 0.206 e. The van der Waals surface area contributed by atoms with Crippen molar-refractivity contribution in [1.29, 1.82) is 0 Å². The first kappa shape index (κ1) is 15.2. The smallest absolute Gasteiger partial charge is 0.206 e. The van der Waals surface area contributed by atoms with Crippen molar-refractivity contribution in [1.82, 2.24) is 10.7 Å². The average Bonchev–Trinajstić information content (AvgIpc) is 3.16. The monoisotopic (exact) mass is 258 g/mol. The summed E-state index contributed by atoms with van der Waals surface area (Å²) >= 11 is 0. The predicted molar refractivity (Wildman–Crippen MR) is 72.3 cm³/mol. The molecule has 0 spiro atoms. The van der Waals surface area contributed by atoms with Gasteiger partial charge in [-0.1, -0.05) is 0 Å². The summed E-state index contributed by atoms with van der Waals surface area (Å²) in [6, 6.07) is 0.177. The van der Waals surface area contributed by atoms with Crippen LogP contribution in [0.4, 0.5) is 0 Å². The van der Waals surface area contributed by atoms with Crippen molar-refractivity contribution in [3.8, 4) is 0 Å². The summed E-state index contributed by atoms with van der Waals surface area (Å²) < 4.78 is 10.6. The fourth-order valence-corrected chi connectivity index (χ4v) is 1.55. The van der Waals surface area contributed by atoms with Gasteiger partial charge in [0.1, 0.15) is 0 Å². The molecule has 0 heterocycles. The molecule has 4 N–H and O–H groups in total. The van der Waals surface area contributed by atoms with Crippen LogP contribution < -0.4 is 16.6 Å². The van der Waals surface area contributed by atoms with Gasteiger partial charge in [-0.2, -0.15) is 0 Å². The summed E-state index contributed by atoms with van der Waals surface area (Å²) in [7, 11) is 1.67. The van der Waals surface area contributed by atoms with Crippen molar-refractivity contribution in [3.63, 3.8) is 0 Å². The number of aliphatic imine (C=N–C) groups is 1. The topological polar surface area (TPSA) is 80.9 Å². The Morgan fingerprint density at radius 3 is 2.89 bits per heavy atom. The Labute approximate surface area is 109 Å². The van der Waals surface area contributed by atoms with Gasteiger partial charge >= 0.3 is 0 Å². The molecule has 0 saturated heterocycles. The zero-order chi connectivity index (χ0) is 13.2. The lowest BCUT2D eigenvalue weighted by atomic mass is 10.4. The number of hydrazine groups is 1. The predicted octanol–water partition coefficient (Wildman–Crippen LogP) is 0.247. The van der Waals surface area contributed by atoms with Crippen LogP contribution >= 0.6 is 0 Å². The third-order valence-corrected chi connectivity index (χ3v) is 2.70. The van der Waals surface area contributed by atoms with Gasteiger partial charge in [0, 0.05) is 32.9 Å². The molecule has 1 atom stereocenters. The summed E-state index contributed by atoms with van der Waals surface area (Å²) in [5.74, 6) is 6.81. The lowest BCUT2D eigenvalue weighted by Crippen LogP contribution is -2.46. The summed E-state index contributed by atoms with van der Waals surface area (Å²) in [5.41, 5.74) is 2.55. The highest BCUT2D eigenvalue weighted by Crippen LogP contribution is 2.28. The molecule has 0 radical (unpaired) electrons. The molecule has 1 unspecified atom stereocenters. The average molecular weight is 258 g/mol. The number of guanidine groups is 1. The van der Waals surface area contributed by atoms with Gasteiger partial charge in [0.15, 0.2) is 0 Å². The van der Waals surface area contributed by atoms with Crippen molar-refractivity contribution in [2.45, 2.75) is 32.2 Å². The Bertz CT molecular complexity index is 244. The van der Waals surface area contributed by atoms with Crippen LogP contribution in [0.1, 0.15) is 26.2 Å². The zero-order valence-corrected chi connectivity index (χ0v) is 11.4. The SMILES string of the molecule is COCC(C)NC(=NCCCOCC1CC1)NN. The van der Waals surface area contributed by atoms with E-state index in [0.717, 1.165) is 25.6 Å². The van der Waals surface area contributed by atoms with E-state index in [4.69, 9.17) is 15.3 Å². The van der Waals surface area contributed by atoms with Crippen LogP contribution in [0.2, 0.25) is 0 Å². The first-order chi connectivity index (χ1) is 8.76. The molecule has 0 aromatic carbocycles. The molecule has 6 heteroatoms. The number of hydrogen-bond acceptors (Lipinski definition) is 4. The highest BCUT2D eigenvalue weighted by molar-refractivity contribution is 5.79. The number of rotatable bonds is 9. The molecule has 0 aromatic rings. The summed E-state index contributed by atoms with van der Waals surface area (Å²) in [6.45, 7) is 5.01. The zero-order valence-electron chi connectivity index (χ0n) is 11.4. The normalized spacial score (nSPS) is 17.6. The van der Waals surface area contributed by atoms with E-state index >= 15 is 0 Å². The van der Waals surface area contributed by atoms with E-state index in [1.807, 2.05) is 6.92 Å². The maximum absolute atomic E-state index is 5.53. The van der Waals surface area contributed by atoms with E-state index in [9.17, 15) is 0 Å². The molecular formula is C12H26N4O2. The quantitative estimate of drug-likeness (QED) is 0.182. The van der Waals surface area contributed by atoms with Gasteiger partial charge in [-0.15, -0.1) is 0 Å². The Morgan fingerprint density at radius 1 is 1.50 bits per heavy atom. The van der Waals surface area contributed by atoms with Gasteiger partial charge in [-0.05, 0) is 32.1 Å². The number of methoxy groups -OCH3 is 1. The van der Waals surface area contributed by atoms with E-state index in [2.05, 4.69) is 15.7 Å². The molecule has 1 fully saturated rings. The summed E-state index contributed by atoms with van der Waals surface area (Å²) in [6.07, 6.45) is 3.58. The second kappa shape index (κ2) is 9.13. The van der Waals surface area contributed by atoms with Crippen LogP contribution in [0.25, 0.3) is 0 Å². The Balaban J connectivity index is 2.04. The van der Waals surface area contributed by atoms with Crippen molar-refractivity contribution in [3.05, 3.63) is 0 Å². The van der Waals surface area contributed by atoms with Crippen LogP contribution in [0.5, 0.6) is 0 Å². The molecule has 1 aliphatic carbocycles. The summed E-state index contributed by atoms with van der Waals surface area (Å²) in [5, 5.41) is 3.13. The highest BCUT2D eigenvalue weighted by atomic mass is 16.5. The van der Waals surface area contributed by atoms with Gasteiger partial charge in [-0.3, -0.25) is 10.4 Å². The Kier molecular flexibility index (Phi) is 7.71. The molecule has 18 heavy (non-hydrogen) atoms. The van der Waals surface area contributed by atoms with E-state index in [1.165, 1.54) is 12.8 Å². The fourth-order valence-electron chi connectivity index (χ4n) is 1.55. The van der Waals surface area contributed by atoms with Gasteiger partial charge in [0.2, 0.25) is 5.96 Å². The largest absolute Gasteiger partial charge is 0.383 e. The van der Waals surface area contributed by atoms with E-state index in [1.54, 1.807) is 7.11 Å². The van der Waals surface area contributed by atoms with Crippen LogP contribution in [-0.4, -0.2) is 45.5 Å². The summed E-state index contributed by atoms with van der Waals surface area (Å²) in [4.78, 5) is 4.33. The molecular weight excluding hydrogens is 232 g/mol. The van der Waals surface area contributed by atoms with Crippen LogP contribution in [-0.2, 0) is 9.47 Å². The first-order valence-electron chi connectivity index (χ1n) is 6.60. The van der Waals surface area contributed by atoms with Crippen molar-refractivity contribution < 1.29 is 9.47 Å². The van der Waals surface area contributed by atoms with Gasteiger partial charge in [0.25, 0.3) is 0 Å². The first-order valence-corrected chi connectivity index (χ1v) is 6.60. The van der Waals surface area contributed by atoms with Gasteiger partial charge in [-0.25, -0.2) is 5.84 Å². The number of hydrogen-bond donors (Lipinski definition) is 3. The van der Waals surface area contributed by atoms with Gasteiger partial charge < -0.3 is 14.8 Å². The second-order valence-electron chi connectivity index (χ2n) is 4.75. The Hall–Kier alpha value is -0.850.